The van der Waals surface area contributed by atoms with E-state index in [9.17, 15) is 4.79 Å². The highest BCUT2D eigenvalue weighted by molar-refractivity contribution is 5.67. The van der Waals surface area contributed by atoms with Crippen molar-refractivity contribution < 1.29 is 9.90 Å². The van der Waals surface area contributed by atoms with Crippen molar-refractivity contribution in [1.82, 2.24) is 14.5 Å². The number of aromatic nitrogens is 2. The second-order valence-corrected chi connectivity index (χ2v) is 5.84. The fraction of sp³-hybridized carbons (Fsp3) is 0.714. The predicted molar refractivity (Wildman–Crippen MR) is 70.8 cm³/mol. The maximum atomic E-state index is 10.7. The number of nitrogens with zero attached hydrogens (tertiary/aromatic N) is 3. The van der Waals surface area contributed by atoms with Crippen LogP contribution in [0.15, 0.2) is 12.5 Å². The first-order valence-corrected chi connectivity index (χ1v) is 7.17. The number of carboxylic acids is 1. The Kier molecular flexibility index (Phi) is 3.55. The highest BCUT2D eigenvalue weighted by Crippen LogP contribution is 2.36. The summed E-state index contributed by atoms with van der Waals surface area (Å²) in [5, 5.41) is 8.82. The molecule has 5 nitrogen and oxygen atoms in total. The van der Waals surface area contributed by atoms with Crippen molar-refractivity contribution in [2.45, 2.75) is 44.7 Å². The summed E-state index contributed by atoms with van der Waals surface area (Å²) < 4.78 is 2.31. The number of carboxylic acid groups (broad SMARTS) is 1. The zero-order valence-corrected chi connectivity index (χ0v) is 11.2. The van der Waals surface area contributed by atoms with Crippen LogP contribution in [-0.4, -0.2) is 38.6 Å². The maximum absolute atomic E-state index is 10.7. The molecule has 0 aromatic carbocycles. The van der Waals surface area contributed by atoms with Gasteiger partial charge in [0.2, 0.25) is 0 Å². The summed E-state index contributed by atoms with van der Waals surface area (Å²) in [4.78, 5) is 17.4. The summed E-state index contributed by atoms with van der Waals surface area (Å²) in [5.74, 6) is -0.299. The third-order valence-electron chi connectivity index (χ3n) is 4.24. The van der Waals surface area contributed by atoms with Gasteiger partial charge in [-0.25, -0.2) is 4.98 Å². The van der Waals surface area contributed by atoms with Crippen LogP contribution in [-0.2, 0) is 11.3 Å². The van der Waals surface area contributed by atoms with Gasteiger partial charge >= 0.3 is 5.97 Å². The highest BCUT2D eigenvalue weighted by atomic mass is 16.4. The predicted octanol–water partition coefficient (Wildman–Crippen LogP) is 1.90. The monoisotopic (exact) mass is 263 g/mol. The van der Waals surface area contributed by atoms with Gasteiger partial charge in [0.05, 0.1) is 12.0 Å². The maximum Gasteiger partial charge on any atom is 0.303 e. The van der Waals surface area contributed by atoms with E-state index in [0.29, 0.717) is 18.4 Å². The Balaban J connectivity index is 1.51. The fourth-order valence-electron chi connectivity index (χ4n) is 2.96. The van der Waals surface area contributed by atoms with E-state index in [1.807, 2.05) is 12.5 Å². The van der Waals surface area contributed by atoms with Crippen molar-refractivity contribution >= 4 is 5.97 Å². The van der Waals surface area contributed by atoms with Crippen LogP contribution >= 0.6 is 0 Å². The van der Waals surface area contributed by atoms with Crippen molar-refractivity contribution in [2.24, 2.45) is 5.92 Å². The van der Waals surface area contributed by atoms with Gasteiger partial charge in [-0.2, -0.15) is 0 Å². The summed E-state index contributed by atoms with van der Waals surface area (Å²) in [6.07, 6.45) is 8.82. The molecular weight excluding hydrogens is 242 g/mol. The van der Waals surface area contributed by atoms with E-state index < -0.39 is 5.97 Å². The van der Waals surface area contributed by atoms with Crippen LogP contribution in [0.3, 0.4) is 0 Å². The second-order valence-electron chi connectivity index (χ2n) is 5.84. The molecule has 2 aliphatic rings. The Hall–Kier alpha value is -1.36. The Morgan fingerprint density at radius 1 is 1.32 bits per heavy atom. The van der Waals surface area contributed by atoms with Crippen molar-refractivity contribution in [1.29, 1.82) is 0 Å². The third-order valence-corrected chi connectivity index (χ3v) is 4.24. The molecule has 1 saturated carbocycles. The SMILES string of the molecule is O=C(O)CC1CCN(Cc2cncn2C2CC2)CC1. The van der Waals surface area contributed by atoms with Gasteiger partial charge in [0.25, 0.3) is 0 Å². The molecule has 1 saturated heterocycles. The lowest BCUT2D eigenvalue weighted by atomic mass is 9.93. The molecule has 104 valence electrons. The second kappa shape index (κ2) is 5.33. The normalized spacial score (nSPS) is 21.7. The van der Waals surface area contributed by atoms with Gasteiger partial charge in [-0.1, -0.05) is 0 Å². The van der Waals surface area contributed by atoms with E-state index in [-0.39, 0.29) is 0 Å². The van der Waals surface area contributed by atoms with Crippen LogP contribution in [0.5, 0.6) is 0 Å². The van der Waals surface area contributed by atoms with Gasteiger partial charge in [0, 0.05) is 25.2 Å². The van der Waals surface area contributed by atoms with Crippen molar-refractivity contribution in [3.8, 4) is 0 Å². The van der Waals surface area contributed by atoms with Crippen LogP contribution in [0.4, 0.5) is 0 Å². The molecule has 3 rings (SSSR count). The Labute approximate surface area is 113 Å². The summed E-state index contributed by atoms with van der Waals surface area (Å²) in [7, 11) is 0. The number of likely N-dealkylation sites (tertiary alicyclic amines) is 1. The first-order valence-electron chi connectivity index (χ1n) is 7.17. The minimum atomic E-state index is -0.662. The van der Waals surface area contributed by atoms with Gasteiger partial charge in [-0.05, 0) is 44.7 Å². The topological polar surface area (TPSA) is 58.4 Å². The molecular formula is C14H21N3O2. The van der Waals surface area contributed by atoms with Gasteiger partial charge in [-0.15, -0.1) is 0 Å². The van der Waals surface area contributed by atoms with Crippen LogP contribution < -0.4 is 0 Å². The summed E-state index contributed by atoms with van der Waals surface area (Å²) in [6.45, 7) is 2.97. The number of hydrogen-bond donors (Lipinski definition) is 1. The minimum absolute atomic E-state index is 0.327. The largest absolute Gasteiger partial charge is 0.481 e. The van der Waals surface area contributed by atoms with Crippen molar-refractivity contribution in [2.75, 3.05) is 13.1 Å². The van der Waals surface area contributed by atoms with Gasteiger partial charge in [0.1, 0.15) is 0 Å². The van der Waals surface area contributed by atoms with Crippen molar-refractivity contribution in [3.05, 3.63) is 18.2 Å². The van der Waals surface area contributed by atoms with Crippen molar-refractivity contribution in [3.63, 3.8) is 0 Å². The molecule has 19 heavy (non-hydrogen) atoms. The summed E-state index contributed by atoms with van der Waals surface area (Å²) in [5.41, 5.74) is 1.30. The first kappa shape index (κ1) is 12.7. The first-order chi connectivity index (χ1) is 9.22. The number of aliphatic carboxylic acids is 1. The van der Waals surface area contributed by atoms with E-state index in [1.165, 1.54) is 18.5 Å². The minimum Gasteiger partial charge on any atom is -0.481 e. The lowest BCUT2D eigenvalue weighted by molar-refractivity contribution is -0.138. The quantitative estimate of drug-likeness (QED) is 0.881. The average molecular weight is 263 g/mol. The summed E-state index contributed by atoms with van der Waals surface area (Å²) >= 11 is 0. The molecule has 0 bridgehead atoms. The highest BCUT2D eigenvalue weighted by Gasteiger charge is 2.27. The average Bonchev–Trinajstić information content (AvgIpc) is 3.12. The van der Waals surface area contributed by atoms with E-state index in [0.717, 1.165) is 32.5 Å². The van der Waals surface area contributed by atoms with Crippen LogP contribution in [0.25, 0.3) is 0 Å². The molecule has 1 aromatic heterocycles. The molecule has 0 spiro atoms. The van der Waals surface area contributed by atoms with E-state index >= 15 is 0 Å². The molecule has 0 unspecified atom stereocenters. The number of rotatable bonds is 5. The fourth-order valence-corrected chi connectivity index (χ4v) is 2.96. The molecule has 0 amide bonds. The Morgan fingerprint density at radius 2 is 2.05 bits per heavy atom. The molecule has 1 aromatic rings. The molecule has 1 aliphatic heterocycles. The molecule has 1 N–H and O–H groups in total. The molecule has 1 aliphatic carbocycles. The van der Waals surface area contributed by atoms with Gasteiger partial charge in [0.15, 0.2) is 0 Å². The molecule has 0 atom stereocenters. The van der Waals surface area contributed by atoms with E-state index in [2.05, 4.69) is 14.5 Å². The van der Waals surface area contributed by atoms with Gasteiger partial charge in [-0.3, -0.25) is 9.69 Å². The smallest absolute Gasteiger partial charge is 0.303 e. The van der Waals surface area contributed by atoms with Crippen LogP contribution in [0.2, 0.25) is 0 Å². The van der Waals surface area contributed by atoms with E-state index in [1.54, 1.807) is 0 Å². The molecule has 5 heteroatoms. The zero-order chi connectivity index (χ0) is 13.2. The number of hydrogen-bond acceptors (Lipinski definition) is 3. The number of carbonyl (C=O) groups is 1. The standard InChI is InChI=1S/C14H21N3O2/c18-14(19)7-11-3-5-16(6-4-11)9-13-8-15-10-17(13)12-1-2-12/h8,10-12H,1-7,9H2,(H,18,19). The number of piperidine rings is 1. The Morgan fingerprint density at radius 3 is 2.68 bits per heavy atom. The third kappa shape index (κ3) is 3.15. The lowest BCUT2D eigenvalue weighted by Crippen LogP contribution is -2.34. The molecule has 2 fully saturated rings. The summed E-state index contributed by atoms with van der Waals surface area (Å²) in [6, 6.07) is 0.682. The molecule has 2 heterocycles. The van der Waals surface area contributed by atoms with Gasteiger partial charge < -0.3 is 9.67 Å². The van der Waals surface area contributed by atoms with E-state index in [4.69, 9.17) is 5.11 Å². The lowest BCUT2D eigenvalue weighted by Gasteiger charge is -2.31. The Bertz CT molecular complexity index is 445. The van der Waals surface area contributed by atoms with Crippen LogP contribution in [0, 0.1) is 5.92 Å². The molecule has 0 radical (unpaired) electrons. The number of imidazole rings is 1. The van der Waals surface area contributed by atoms with Crippen LogP contribution in [0.1, 0.15) is 43.8 Å². The zero-order valence-electron chi connectivity index (χ0n) is 11.2.